The van der Waals surface area contributed by atoms with Crippen LogP contribution in [0.2, 0.25) is 0 Å². The van der Waals surface area contributed by atoms with Gasteiger partial charge in [0.1, 0.15) is 5.69 Å². The molecule has 1 aromatic rings. The lowest BCUT2D eigenvalue weighted by molar-refractivity contribution is -0.275. The minimum Gasteiger partial charge on any atom is -0.493 e. The maximum absolute atomic E-state index is 12.1. The number of hydrogen-bond donors (Lipinski definition) is 1. The monoisotopic (exact) mass is 236 g/mol. The zero-order chi connectivity index (χ0) is 12.3. The zero-order valence-electron chi connectivity index (χ0n) is 8.76. The van der Waals surface area contributed by atoms with Crippen LogP contribution < -0.4 is 15.2 Å². The molecule has 0 saturated carbocycles. The van der Waals surface area contributed by atoms with Crippen molar-refractivity contribution in [2.24, 2.45) is 5.73 Å². The summed E-state index contributed by atoms with van der Waals surface area (Å²) in [5, 5.41) is 0. The second-order valence-electron chi connectivity index (χ2n) is 2.99. The number of nitrogens with zero attached hydrogens (tertiary/aromatic N) is 1. The summed E-state index contributed by atoms with van der Waals surface area (Å²) >= 11 is 0. The van der Waals surface area contributed by atoms with Gasteiger partial charge >= 0.3 is 6.36 Å². The van der Waals surface area contributed by atoms with Gasteiger partial charge < -0.3 is 15.2 Å². The molecule has 2 N–H and O–H groups in total. The van der Waals surface area contributed by atoms with Gasteiger partial charge in [0.25, 0.3) is 0 Å². The standard InChI is InChI=1S/C9H11F3N2O2/c1-5-3-7(15-2)8(6(4-13)14-5)16-9(10,11)12/h3H,4,13H2,1-2H3. The zero-order valence-corrected chi connectivity index (χ0v) is 8.76. The van der Waals surface area contributed by atoms with Gasteiger partial charge in [-0.15, -0.1) is 13.2 Å². The fraction of sp³-hybridized carbons (Fsp3) is 0.444. The molecule has 0 aliphatic carbocycles. The van der Waals surface area contributed by atoms with Crippen molar-refractivity contribution >= 4 is 0 Å². The highest BCUT2D eigenvalue weighted by Crippen LogP contribution is 2.34. The summed E-state index contributed by atoms with van der Waals surface area (Å²) in [4.78, 5) is 3.85. The van der Waals surface area contributed by atoms with Crippen molar-refractivity contribution in [1.29, 1.82) is 0 Å². The number of aromatic nitrogens is 1. The van der Waals surface area contributed by atoms with Crippen LogP contribution in [0.25, 0.3) is 0 Å². The summed E-state index contributed by atoms with van der Waals surface area (Å²) in [6.07, 6.45) is -4.80. The summed E-state index contributed by atoms with van der Waals surface area (Å²) in [5.74, 6) is -0.520. The first-order valence-corrected chi connectivity index (χ1v) is 4.37. The molecule has 0 aliphatic rings. The first kappa shape index (κ1) is 12.6. The predicted molar refractivity (Wildman–Crippen MR) is 50.1 cm³/mol. The molecule has 0 fully saturated rings. The van der Waals surface area contributed by atoms with Crippen LogP contribution in [0, 0.1) is 6.92 Å². The average molecular weight is 236 g/mol. The van der Waals surface area contributed by atoms with Crippen LogP contribution in [0.1, 0.15) is 11.4 Å². The van der Waals surface area contributed by atoms with E-state index in [4.69, 9.17) is 10.5 Å². The van der Waals surface area contributed by atoms with Crippen molar-refractivity contribution in [3.8, 4) is 11.5 Å². The molecule has 0 radical (unpaired) electrons. The van der Waals surface area contributed by atoms with Gasteiger partial charge in [-0.1, -0.05) is 0 Å². The van der Waals surface area contributed by atoms with Gasteiger partial charge in [0.2, 0.25) is 0 Å². The van der Waals surface area contributed by atoms with Crippen molar-refractivity contribution < 1.29 is 22.6 Å². The third kappa shape index (κ3) is 2.99. The Labute approximate surface area is 90.2 Å². The maximum Gasteiger partial charge on any atom is 0.573 e. The Bertz CT molecular complexity index is 355. The van der Waals surface area contributed by atoms with E-state index in [-0.39, 0.29) is 18.0 Å². The SMILES string of the molecule is COc1cc(C)nc(CN)c1OC(F)(F)F. The highest BCUT2D eigenvalue weighted by molar-refractivity contribution is 5.44. The lowest BCUT2D eigenvalue weighted by Gasteiger charge is -2.15. The third-order valence-electron chi connectivity index (χ3n) is 1.77. The van der Waals surface area contributed by atoms with Crippen molar-refractivity contribution in [1.82, 2.24) is 4.98 Å². The number of pyridine rings is 1. The summed E-state index contributed by atoms with van der Waals surface area (Å²) in [6, 6.07) is 1.35. The third-order valence-corrected chi connectivity index (χ3v) is 1.77. The number of rotatable bonds is 3. The van der Waals surface area contributed by atoms with Gasteiger partial charge in [-0.25, -0.2) is 0 Å². The second kappa shape index (κ2) is 4.56. The van der Waals surface area contributed by atoms with Gasteiger partial charge in [0, 0.05) is 18.3 Å². The Kier molecular flexibility index (Phi) is 3.58. The minimum atomic E-state index is -4.80. The molecule has 90 valence electrons. The number of aryl methyl sites for hydroxylation is 1. The van der Waals surface area contributed by atoms with Gasteiger partial charge in [0.15, 0.2) is 11.5 Å². The lowest BCUT2D eigenvalue weighted by atomic mass is 10.2. The van der Waals surface area contributed by atoms with E-state index in [9.17, 15) is 13.2 Å². The molecule has 1 rings (SSSR count). The molecule has 0 saturated heterocycles. The Balaban J connectivity index is 3.22. The molecular formula is C9H11F3N2O2. The number of hydrogen-bond acceptors (Lipinski definition) is 4. The average Bonchev–Trinajstić information content (AvgIpc) is 2.18. The van der Waals surface area contributed by atoms with Gasteiger partial charge in [0.05, 0.1) is 7.11 Å². The van der Waals surface area contributed by atoms with E-state index in [2.05, 4.69) is 9.72 Å². The van der Waals surface area contributed by atoms with Crippen LogP contribution in [0.5, 0.6) is 11.5 Å². The molecule has 4 nitrogen and oxygen atoms in total. The smallest absolute Gasteiger partial charge is 0.493 e. The fourth-order valence-electron chi connectivity index (χ4n) is 1.21. The molecular weight excluding hydrogens is 225 g/mol. The second-order valence-corrected chi connectivity index (χ2v) is 2.99. The summed E-state index contributed by atoms with van der Waals surface area (Å²) in [7, 11) is 1.25. The van der Waals surface area contributed by atoms with Gasteiger partial charge in [-0.2, -0.15) is 0 Å². The molecule has 0 amide bonds. The Morgan fingerprint density at radius 2 is 2.06 bits per heavy atom. The van der Waals surface area contributed by atoms with Crippen LogP contribution in [0.15, 0.2) is 6.07 Å². The van der Waals surface area contributed by atoms with Crippen LogP contribution in [0.3, 0.4) is 0 Å². The molecule has 0 bridgehead atoms. The number of nitrogens with two attached hydrogens (primary N) is 1. The van der Waals surface area contributed by atoms with E-state index < -0.39 is 12.1 Å². The van der Waals surface area contributed by atoms with E-state index in [1.807, 2.05) is 0 Å². The Hall–Kier alpha value is -1.50. The van der Waals surface area contributed by atoms with Gasteiger partial charge in [-0.05, 0) is 6.92 Å². The predicted octanol–water partition coefficient (Wildman–Crippen LogP) is 1.76. The molecule has 16 heavy (non-hydrogen) atoms. The van der Waals surface area contributed by atoms with E-state index >= 15 is 0 Å². The van der Waals surface area contributed by atoms with Crippen LogP contribution in [-0.2, 0) is 6.54 Å². The Morgan fingerprint density at radius 1 is 1.44 bits per heavy atom. The molecule has 0 spiro atoms. The van der Waals surface area contributed by atoms with Crippen molar-refractivity contribution in [2.75, 3.05) is 7.11 Å². The highest BCUT2D eigenvalue weighted by atomic mass is 19.4. The van der Waals surface area contributed by atoms with Crippen molar-refractivity contribution in [2.45, 2.75) is 19.8 Å². The van der Waals surface area contributed by atoms with Crippen LogP contribution in [0.4, 0.5) is 13.2 Å². The van der Waals surface area contributed by atoms with Crippen molar-refractivity contribution in [3.05, 3.63) is 17.5 Å². The van der Waals surface area contributed by atoms with Crippen molar-refractivity contribution in [3.63, 3.8) is 0 Å². The Morgan fingerprint density at radius 3 is 2.50 bits per heavy atom. The van der Waals surface area contributed by atoms with Gasteiger partial charge in [-0.3, -0.25) is 4.98 Å². The largest absolute Gasteiger partial charge is 0.573 e. The summed E-state index contributed by atoms with van der Waals surface area (Å²) in [5.41, 5.74) is 5.81. The topological polar surface area (TPSA) is 57.4 Å². The normalized spacial score (nSPS) is 11.4. The lowest BCUT2D eigenvalue weighted by Crippen LogP contribution is -2.20. The summed E-state index contributed by atoms with van der Waals surface area (Å²) in [6.45, 7) is 1.46. The van der Waals surface area contributed by atoms with E-state index in [0.29, 0.717) is 5.69 Å². The minimum absolute atomic E-state index is 0.00850. The highest BCUT2D eigenvalue weighted by Gasteiger charge is 2.34. The molecule has 0 atom stereocenters. The molecule has 7 heteroatoms. The van der Waals surface area contributed by atoms with E-state index in [1.54, 1.807) is 6.92 Å². The fourth-order valence-corrected chi connectivity index (χ4v) is 1.21. The van der Waals surface area contributed by atoms with Crippen LogP contribution in [-0.4, -0.2) is 18.5 Å². The summed E-state index contributed by atoms with van der Waals surface area (Å²) < 4.78 is 45.0. The first-order chi connectivity index (χ1) is 7.37. The molecule has 0 aliphatic heterocycles. The number of methoxy groups -OCH3 is 1. The first-order valence-electron chi connectivity index (χ1n) is 4.37. The molecule has 0 aromatic carbocycles. The molecule has 0 unspecified atom stereocenters. The molecule has 1 aromatic heterocycles. The van der Waals surface area contributed by atoms with E-state index in [0.717, 1.165) is 0 Å². The van der Waals surface area contributed by atoms with E-state index in [1.165, 1.54) is 13.2 Å². The van der Waals surface area contributed by atoms with Crippen LogP contribution >= 0.6 is 0 Å². The number of halogens is 3. The number of alkyl halides is 3. The molecule has 1 heterocycles. The number of ether oxygens (including phenoxy) is 2. The maximum atomic E-state index is 12.1. The quantitative estimate of drug-likeness (QED) is 0.868.